The number of ether oxygens (including phenoxy) is 1. The molecule has 0 amide bonds. The summed E-state index contributed by atoms with van der Waals surface area (Å²) in [7, 11) is 0. The van der Waals surface area contributed by atoms with Crippen LogP contribution < -0.4 is 5.32 Å². The van der Waals surface area contributed by atoms with Gasteiger partial charge < -0.3 is 14.6 Å². The maximum Gasteiger partial charge on any atom is 0.306 e. The number of hydrogen-bond donors (Lipinski definition) is 1. The van der Waals surface area contributed by atoms with E-state index in [9.17, 15) is 13.6 Å². The second-order valence-corrected chi connectivity index (χ2v) is 8.16. The summed E-state index contributed by atoms with van der Waals surface area (Å²) in [5.41, 5.74) is 1.88. The third kappa shape index (κ3) is 5.18. The van der Waals surface area contributed by atoms with Gasteiger partial charge in [0.25, 0.3) is 0 Å². The van der Waals surface area contributed by atoms with E-state index in [1.165, 1.54) is 12.3 Å². The highest BCUT2D eigenvalue weighted by Gasteiger charge is 2.21. The van der Waals surface area contributed by atoms with Gasteiger partial charge in [-0.1, -0.05) is 23.4 Å². The molecule has 0 saturated carbocycles. The first-order valence-electron chi connectivity index (χ1n) is 11.2. The molecule has 0 aliphatic carbocycles. The maximum atomic E-state index is 14.4. The van der Waals surface area contributed by atoms with Gasteiger partial charge >= 0.3 is 5.97 Å². The Hall–Kier alpha value is -4.15. The molecule has 0 unspecified atom stereocenters. The molecule has 4 aromatic rings. The van der Waals surface area contributed by atoms with Crippen molar-refractivity contribution in [2.75, 3.05) is 11.9 Å². The molecule has 11 heteroatoms. The average Bonchev–Trinajstić information content (AvgIpc) is 3.52. The lowest BCUT2D eigenvalue weighted by atomic mass is 10.1. The van der Waals surface area contributed by atoms with Gasteiger partial charge in [0, 0.05) is 31.0 Å². The minimum absolute atomic E-state index is 0.0174. The van der Waals surface area contributed by atoms with E-state index in [0.29, 0.717) is 42.0 Å². The van der Waals surface area contributed by atoms with Crippen molar-refractivity contribution in [1.29, 1.82) is 0 Å². The molecule has 1 saturated heterocycles. The highest BCUT2D eigenvalue weighted by atomic mass is 19.1. The van der Waals surface area contributed by atoms with Crippen molar-refractivity contribution in [2.24, 2.45) is 0 Å². The molecule has 1 N–H and O–H groups in total. The van der Waals surface area contributed by atoms with Crippen LogP contribution in [0.25, 0.3) is 22.9 Å². The minimum atomic E-state index is -0.614. The van der Waals surface area contributed by atoms with Crippen LogP contribution >= 0.6 is 0 Å². The smallest absolute Gasteiger partial charge is 0.306 e. The summed E-state index contributed by atoms with van der Waals surface area (Å²) < 4.78 is 40.5. The van der Waals surface area contributed by atoms with Crippen LogP contribution in [0, 0.1) is 11.6 Å². The molecule has 0 spiro atoms. The highest BCUT2D eigenvalue weighted by molar-refractivity contribution is 5.70. The summed E-state index contributed by atoms with van der Waals surface area (Å²) in [5, 5.41) is 11.5. The van der Waals surface area contributed by atoms with E-state index in [0.717, 1.165) is 19.0 Å². The van der Waals surface area contributed by atoms with Gasteiger partial charge in [0.05, 0.1) is 18.4 Å². The Labute approximate surface area is 199 Å². The third-order valence-electron chi connectivity index (χ3n) is 5.70. The quantitative estimate of drug-likeness (QED) is 0.374. The second-order valence-electron chi connectivity index (χ2n) is 8.16. The second kappa shape index (κ2) is 10.00. The molecule has 1 aromatic carbocycles. The normalized spacial score (nSPS) is 15.7. The monoisotopic (exact) mass is 480 g/mol. The van der Waals surface area contributed by atoms with Crippen LogP contribution in [-0.2, 0) is 16.1 Å². The average molecular weight is 480 g/mol. The molecule has 0 radical (unpaired) electrons. The molecular weight excluding hydrogens is 458 g/mol. The molecule has 9 nitrogen and oxygen atoms in total. The third-order valence-corrected chi connectivity index (χ3v) is 5.70. The number of rotatable bonds is 8. The van der Waals surface area contributed by atoms with Crippen molar-refractivity contribution in [3.63, 3.8) is 0 Å². The van der Waals surface area contributed by atoms with E-state index in [1.54, 1.807) is 35.0 Å². The molecule has 1 aliphatic rings. The number of nitrogens with one attached hydrogen (secondary N) is 1. The molecule has 1 atom stereocenters. The predicted molar refractivity (Wildman–Crippen MR) is 121 cm³/mol. The molecule has 5 rings (SSSR count). The Kier molecular flexibility index (Phi) is 6.47. The van der Waals surface area contributed by atoms with Crippen molar-refractivity contribution in [3.05, 3.63) is 66.1 Å². The fraction of sp³-hybridized carbons (Fsp3) is 0.292. The van der Waals surface area contributed by atoms with E-state index < -0.39 is 5.82 Å². The number of anilines is 1. The predicted octanol–water partition coefficient (Wildman–Crippen LogP) is 4.22. The number of nitrogens with zero attached hydrogens (tertiary/aromatic N) is 5. The van der Waals surface area contributed by atoms with Crippen LogP contribution in [0.1, 0.15) is 31.2 Å². The van der Waals surface area contributed by atoms with Crippen molar-refractivity contribution >= 4 is 11.8 Å². The molecule has 180 valence electrons. The molecule has 3 aromatic heterocycles. The first-order valence-corrected chi connectivity index (χ1v) is 11.2. The minimum Gasteiger partial charge on any atom is -0.462 e. The van der Waals surface area contributed by atoms with E-state index in [-0.39, 0.29) is 36.1 Å². The first kappa shape index (κ1) is 22.6. The SMILES string of the molecule is O=C1CCC[C@@H](CCNc2nc(-c3cc(-c4ccon4)n(Cc4ccccc4F)n3)ncc2F)O1. The van der Waals surface area contributed by atoms with Crippen LogP contribution in [0.15, 0.2) is 53.4 Å². The summed E-state index contributed by atoms with van der Waals surface area (Å²) in [4.78, 5) is 19.8. The maximum absolute atomic E-state index is 14.4. The Morgan fingerprint density at radius 1 is 1.14 bits per heavy atom. The van der Waals surface area contributed by atoms with Crippen molar-refractivity contribution in [2.45, 2.75) is 38.3 Å². The number of hydrogen-bond acceptors (Lipinski definition) is 8. The lowest BCUT2D eigenvalue weighted by Gasteiger charge is -2.22. The molecule has 0 bridgehead atoms. The first-order chi connectivity index (χ1) is 17.1. The zero-order valence-electron chi connectivity index (χ0n) is 18.7. The Bertz CT molecular complexity index is 1320. The van der Waals surface area contributed by atoms with Gasteiger partial charge in [0.2, 0.25) is 0 Å². The largest absolute Gasteiger partial charge is 0.462 e. The number of carbonyl (C=O) groups excluding carboxylic acids is 1. The van der Waals surface area contributed by atoms with Gasteiger partial charge in [0.15, 0.2) is 17.5 Å². The van der Waals surface area contributed by atoms with Gasteiger partial charge in [-0.2, -0.15) is 5.10 Å². The van der Waals surface area contributed by atoms with Crippen molar-refractivity contribution in [3.8, 4) is 22.9 Å². The summed E-state index contributed by atoms with van der Waals surface area (Å²) in [6.07, 6.45) is 4.86. The molecule has 1 aliphatic heterocycles. The van der Waals surface area contributed by atoms with E-state index >= 15 is 0 Å². The number of esters is 1. The van der Waals surface area contributed by atoms with Gasteiger partial charge in [-0.05, 0) is 25.0 Å². The number of halogens is 2. The van der Waals surface area contributed by atoms with Crippen molar-refractivity contribution in [1.82, 2.24) is 24.9 Å². The van der Waals surface area contributed by atoms with Gasteiger partial charge in [-0.25, -0.2) is 18.7 Å². The molecular formula is C24H22F2N6O3. The standard InChI is InChI=1S/C24H22F2N6O3/c25-17-6-2-1-4-15(17)14-32-21(19-9-11-34-31-19)12-20(30-32)24-28-13-18(26)23(29-24)27-10-8-16-5-3-7-22(33)35-16/h1-2,4,6,9,11-13,16H,3,5,7-8,10,14H2,(H,27,28,29)/t16-/m0/s1. The van der Waals surface area contributed by atoms with Gasteiger partial charge in [-0.15, -0.1) is 0 Å². The highest BCUT2D eigenvalue weighted by Crippen LogP contribution is 2.26. The Balaban J connectivity index is 1.38. The van der Waals surface area contributed by atoms with E-state index in [4.69, 9.17) is 9.26 Å². The van der Waals surface area contributed by atoms with E-state index in [1.807, 2.05) is 0 Å². The van der Waals surface area contributed by atoms with E-state index in [2.05, 4.69) is 25.5 Å². The zero-order valence-corrected chi connectivity index (χ0v) is 18.7. The Morgan fingerprint density at radius 2 is 2.03 bits per heavy atom. The molecule has 1 fully saturated rings. The molecule has 4 heterocycles. The van der Waals surface area contributed by atoms with Crippen LogP contribution in [0.5, 0.6) is 0 Å². The van der Waals surface area contributed by atoms with Gasteiger partial charge in [-0.3, -0.25) is 9.48 Å². The van der Waals surface area contributed by atoms with Crippen LogP contribution in [0.2, 0.25) is 0 Å². The molecule has 35 heavy (non-hydrogen) atoms. The topological polar surface area (TPSA) is 108 Å². The van der Waals surface area contributed by atoms with Crippen LogP contribution in [0.3, 0.4) is 0 Å². The summed E-state index contributed by atoms with van der Waals surface area (Å²) in [5.74, 6) is -0.967. The number of carbonyl (C=O) groups is 1. The fourth-order valence-corrected chi connectivity index (χ4v) is 3.93. The fourth-order valence-electron chi connectivity index (χ4n) is 3.93. The zero-order chi connectivity index (χ0) is 24.2. The lowest BCUT2D eigenvalue weighted by Crippen LogP contribution is -2.25. The van der Waals surface area contributed by atoms with Crippen molar-refractivity contribution < 1.29 is 22.8 Å². The summed E-state index contributed by atoms with van der Waals surface area (Å²) in [6, 6.07) is 9.76. The van der Waals surface area contributed by atoms with Gasteiger partial charge in [0.1, 0.15) is 29.6 Å². The van der Waals surface area contributed by atoms with Crippen LogP contribution in [-0.4, -0.2) is 43.5 Å². The number of cyclic esters (lactones) is 1. The summed E-state index contributed by atoms with van der Waals surface area (Å²) in [6.45, 7) is 0.512. The Morgan fingerprint density at radius 3 is 2.83 bits per heavy atom. The van der Waals surface area contributed by atoms with Crippen LogP contribution in [0.4, 0.5) is 14.6 Å². The summed E-state index contributed by atoms with van der Waals surface area (Å²) >= 11 is 0. The lowest BCUT2D eigenvalue weighted by molar-refractivity contribution is -0.153. The number of aromatic nitrogens is 5. The number of benzene rings is 1.